The van der Waals surface area contributed by atoms with E-state index in [0.29, 0.717) is 29.1 Å². The summed E-state index contributed by atoms with van der Waals surface area (Å²) in [6.45, 7) is 10.4. The summed E-state index contributed by atoms with van der Waals surface area (Å²) in [6.07, 6.45) is 4.57. The van der Waals surface area contributed by atoms with Gasteiger partial charge in [0.25, 0.3) is 0 Å². The third-order valence-corrected chi connectivity index (χ3v) is 10.3. The minimum atomic E-state index is -0.598. The zero-order chi connectivity index (χ0) is 30.1. The van der Waals surface area contributed by atoms with E-state index < -0.39 is 5.91 Å². The van der Waals surface area contributed by atoms with Gasteiger partial charge in [-0.3, -0.25) is 14.6 Å². The van der Waals surface area contributed by atoms with Gasteiger partial charge in [0.2, 0.25) is 5.91 Å². The molecule has 1 amide bonds. The Morgan fingerprint density at radius 2 is 1.72 bits per heavy atom. The van der Waals surface area contributed by atoms with Crippen LogP contribution in [0.25, 0.3) is 0 Å². The SMILES string of the molecule is COc1ccc(CN2CCN(C3CC4(CCN(c5ccc(C(N)=O)cc5F)CC4)C3)[C@H](c3ccccc3C(C)C)C2)cc1. The molecule has 2 N–H and O–H groups in total. The fourth-order valence-electron chi connectivity index (χ4n) is 7.76. The van der Waals surface area contributed by atoms with E-state index in [9.17, 15) is 9.18 Å². The van der Waals surface area contributed by atoms with E-state index in [2.05, 4.69) is 77.1 Å². The Morgan fingerprint density at radius 1 is 1.00 bits per heavy atom. The van der Waals surface area contributed by atoms with Crippen molar-refractivity contribution >= 4 is 11.6 Å². The van der Waals surface area contributed by atoms with Crippen LogP contribution in [0.5, 0.6) is 5.75 Å². The van der Waals surface area contributed by atoms with E-state index in [1.54, 1.807) is 19.2 Å². The van der Waals surface area contributed by atoms with E-state index >= 15 is 0 Å². The van der Waals surface area contributed by atoms with Crippen LogP contribution in [0.2, 0.25) is 0 Å². The lowest BCUT2D eigenvalue weighted by Crippen LogP contribution is -2.60. The van der Waals surface area contributed by atoms with E-state index in [1.807, 2.05) is 0 Å². The Balaban J connectivity index is 1.14. The minimum Gasteiger partial charge on any atom is -0.497 e. The predicted molar refractivity (Wildman–Crippen MR) is 170 cm³/mol. The van der Waals surface area contributed by atoms with Gasteiger partial charge in [0.15, 0.2) is 0 Å². The Hall–Kier alpha value is -3.42. The van der Waals surface area contributed by atoms with Crippen molar-refractivity contribution in [3.8, 4) is 5.75 Å². The zero-order valence-corrected chi connectivity index (χ0v) is 25.8. The maximum atomic E-state index is 14.8. The molecule has 1 saturated carbocycles. The van der Waals surface area contributed by atoms with E-state index in [0.717, 1.165) is 57.9 Å². The molecule has 6 nitrogen and oxygen atoms in total. The Morgan fingerprint density at radius 3 is 2.37 bits per heavy atom. The van der Waals surface area contributed by atoms with Gasteiger partial charge in [-0.2, -0.15) is 0 Å². The summed E-state index contributed by atoms with van der Waals surface area (Å²) in [5, 5.41) is 0. The van der Waals surface area contributed by atoms with Crippen molar-refractivity contribution in [3.63, 3.8) is 0 Å². The second kappa shape index (κ2) is 12.3. The number of ether oxygens (including phenoxy) is 1. The Labute approximate surface area is 255 Å². The number of rotatable bonds is 8. The number of nitrogens with two attached hydrogens (primary N) is 1. The fraction of sp³-hybridized carbons (Fsp3) is 0.472. The molecule has 1 atom stereocenters. The van der Waals surface area contributed by atoms with Crippen molar-refractivity contribution in [2.75, 3.05) is 44.7 Å². The first-order chi connectivity index (χ1) is 20.7. The highest BCUT2D eigenvalue weighted by atomic mass is 19.1. The van der Waals surface area contributed by atoms with Crippen molar-refractivity contribution in [1.29, 1.82) is 0 Å². The number of piperazine rings is 1. The molecule has 2 saturated heterocycles. The lowest BCUT2D eigenvalue weighted by Gasteiger charge is -2.58. The van der Waals surface area contributed by atoms with Gasteiger partial charge in [-0.25, -0.2) is 4.39 Å². The molecule has 1 aliphatic carbocycles. The molecule has 3 aromatic rings. The van der Waals surface area contributed by atoms with Crippen molar-refractivity contribution < 1.29 is 13.9 Å². The fourth-order valence-corrected chi connectivity index (χ4v) is 7.76. The highest BCUT2D eigenvalue weighted by Crippen LogP contribution is 2.53. The monoisotopic (exact) mass is 584 g/mol. The van der Waals surface area contributed by atoms with Crippen LogP contribution in [-0.2, 0) is 6.54 Å². The molecule has 228 valence electrons. The summed E-state index contributed by atoms with van der Waals surface area (Å²) in [5.41, 5.74) is 10.7. The number of nitrogens with zero attached hydrogens (tertiary/aromatic N) is 3. The summed E-state index contributed by atoms with van der Waals surface area (Å²) in [4.78, 5) is 19.0. The van der Waals surface area contributed by atoms with Crippen LogP contribution in [0.4, 0.5) is 10.1 Å². The first-order valence-corrected chi connectivity index (χ1v) is 15.8. The van der Waals surface area contributed by atoms with E-state index in [4.69, 9.17) is 10.5 Å². The molecule has 3 fully saturated rings. The quantitative estimate of drug-likeness (QED) is 0.334. The summed E-state index contributed by atoms with van der Waals surface area (Å²) >= 11 is 0. The van der Waals surface area contributed by atoms with Gasteiger partial charge in [0.05, 0.1) is 12.8 Å². The van der Waals surface area contributed by atoms with E-state index in [1.165, 1.54) is 35.6 Å². The predicted octanol–water partition coefficient (Wildman–Crippen LogP) is 6.36. The maximum absolute atomic E-state index is 14.8. The molecule has 6 rings (SSSR count). The van der Waals surface area contributed by atoms with Crippen LogP contribution in [-0.4, -0.2) is 61.6 Å². The normalized spacial score (nSPS) is 21.2. The number of halogens is 1. The number of carbonyl (C=O) groups is 1. The summed E-state index contributed by atoms with van der Waals surface area (Å²) in [6, 6.07) is 23.1. The molecule has 0 unspecified atom stereocenters. The highest BCUT2D eigenvalue weighted by molar-refractivity contribution is 5.93. The van der Waals surface area contributed by atoms with Crippen molar-refractivity contribution in [2.45, 2.75) is 64.1 Å². The van der Waals surface area contributed by atoms with E-state index in [-0.39, 0.29) is 11.4 Å². The number of anilines is 1. The first-order valence-electron chi connectivity index (χ1n) is 15.8. The number of methoxy groups -OCH3 is 1. The molecule has 2 aliphatic heterocycles. The van der Waals surface area contributed by atoms with Gasteiger partial charge in [-0.1, -0.05) is 50.2 Å². The Bertz CT molecular complexity index is 1430. The van der Waals surface area contributed by atoms with Crippen LogP contribution in [0.1, 0.15) is 78.5 Å². The van der Waals surface area contributed by atoms with Crippen LogP contribution >= 0.6 is 0 Å². The molecule has 43 heavy (non-hydrogen) atoms. The van der Waals surface area contributed by atoms with Gasteiger partial charge in [-0.15, -0.1) is 0 Å². The third-order valence-electron chi connectivity index (χ3n) is 10.3. The molecule has 0 aromatic heterocycles. The number of amides is 1. The van der Waals surface area contributed by atoms with Crippen molar-refractivity contribution in [2.24, 2.45) is 11.1 Å². The van der Waals surface area contributed by atoms with Crippen LogP contribution in [0.15, 0.2) is 66.7 Å². The van der Waals surface area contributed by atoms with Crippen LogP contribution < -0.4 is 15.4 Å². The molecule has 2 heterocycles. The number of hydrogen-bond acceptors (Lipinski definition) is 5. The van der Waals surface area contributed by atoms with Crippen molar-refractivity contribution in [3.05, 3.63) is 94.8 Å². The van der Waals surface area contributed by atoms with Gasteiger partial charge < -0.3 is 15.4 Å². The van der Waals surface area contributed by atoms with Crippen LogP contribution in [0, 0.1) is 11.2 Å². The van der Waals surface area contributed by atoms with Gasteiger partial charge >= 0.3 is 0 Å². The van der Waals surface area contributed by atoms with Crippen molar-refractivity contribution in [1.82, 2.24) is 9.80 Å². The molecule has 3 aromatic carbocycles. The number of primary amides is 1. The second-order valence-electron chi connectivity index (χ2n) is 13.2. The highest BCUT2D eigenvalue weighted by Gasteiger charge is 2.50. The smallest absolute Gasteiger partial charge is 0.248 e. The zero-order valence-electron chi connectivity index (χ0n) is 25.8. The second-order valence-corrected chi connectivity index (χ2v) is 13.2. The average Bonchev–Trinajstić information content (AvgIpc) is 3.00. The lowest BCUT2D eigenvalue weighted by molar-refractivity contribution is -0.0628. The third kappa shape index (κ3) is 6.16. The van der Waals surface area contributed by atoms with Gasteiger partial charge in [0, 0.05) is 56.9 Å². The first kappa shape index (κ1) is 29.6. The number of hydrogen-bond donors (Lipinski definition) is 1. The summed E-state index contributed by atoms with van der Waals surface area (Å²) in [5.74, 6) is 0.412. The molecular formula is C36H45FN4O2. The molecule has 1 spiro atoms. The largest absolute Gasteiger partial charge is 0.497 e. The molecule has 3 aliphatic rings. The maximum Gasteiger partial charge on any atom is 0.248 e. The average molecular weight is 585 g/mol. The number of benzene rings is 3. The molecule has 0 bridgehead atoms. The molecule has 0 radical (unpaired) electrons. The van der Waals surface area contributed by atoms with Crippen LogP contribution in [0.3, 0.4) is 0 Å². The minimum absolute atomic E-state index is 0.217. The summed E-state index contributed by atoms with van der Waals surface area (Å²) < 4.78 is 20.2. The number of carbonyl (C=O) groups excluding carboxylic acids is 1. The molecule has 7 heteroatoms. The van der Waals surface area contributed by atoms with Gasteiger partial charge in [0.1, 0.15) is 11.6 Å². The molecular weight excluding hydrogens is 539 g/mol. The topological polar surface area (TPSA) is 62.0 Å². The summed E-state index contributed by atoms with van der Waals surface area (Å²) in [7, 11) is 1.71. The Kier molecular flexibility index (Phi) is 8.47. The number of piperidine rings is 1. The lowest BCUT2D eigenvalue weighted by atomic mass is 9.59. The van der Waals surface area contributed by atoms with Gasteiger partial charge in [-0.05, 0) is 84.0 Å². The standard InChI is InChI=1S/C36H45FN4O2/c1-25(2)30-6-4-5-7-31(30)34-24-39(23-26-8-11-29(43-3)12-9-26)18-19-41(34)28-21-36(22-28)14-16-40(17-15-36)33-13-10-27(35(38)42)20-32(33)37/h4-13,20,25,28,34H,14-19,21-24H2,1-3H3,(H2,38,42)/t34-/m0/s1.